The molecule has 28 heavy (non-hydrogen) atoms. The summed E-state index contributed by atoms with van der Waals surface area (Å²) in [4.78, 5) is 16.3. The van der Waals surface area contributed by atoms with Gasteiger partial charge >= 0.3 is 0 Å². The molecule has 0 radical (unpaired) electrons. The van der Waals surface area contributed by atoms with Crippen LogP contribution in [0.2, 0.25) is 0 Å². The van der Waals surface area contributed by atoms with E-state index >= 15 is 0 Å². The summed E-state index contributed by atoms with van der Waals surface area (Å²) in [5, 5.41) is 19.7. The monoisotopic (exact) mass is 404 g/mol. The van der Waals surface area contributed by atoms with Crippen molar-refractivity contribution in [2.24, 2.45) is 4.99 Å². The van der Waals surface area contributed by atoms with E-state index in [1.165, 1.54) is 17.0 Å². The fourth-order valence-corrected chi connectivity index (χ4v) is 3.46. The second kappa shape index (κ2) is 12.1. The smallest absolute Gasteiger partial charge is 0.269 e. The van der Waals surface area contributed by atoms with Crippen LogP contribution in [-0.2, 0) is 11.3 Å². The molecule has 1 aromatic carbocycles. The van der Waals surface area contributed by atoms with E-state index in [2.05, 4.69) is 34.0 Å². The van der Waals surface area contributed by atoms with Crippen molar-refractivity contribution in [1.82, 2.24) is 10.6 Å². The molecule has 7 nitrogen and oxygen atoms in total. The van der Waals surface area contributed by atoms with Crippen LogP contribution in [-0.4, -0.2) is 30.6 Å². The summed E-state index contributed by atoms with van der Waals surface area (Å²) in [6.45, 7) is 6.75. The van der Waals surface area contributed by atoms with E-state index < -0.39 is 4.92 Å². The summed E-state index contributed by atoms with van der Waals surface area (Å²) >= 11 is 1.72. The molecule has 1 unspecified atom stereocenters. The molecule has 0 amide bonds. The number of non-ortho nitro benzene ring substituents is 1. The Morgan fingerprint density at radius 3 is 2.68 bits per heavy atom. The van der Waals surface area contributed by atoms with Gasteiger partial charge in [0.05, 0.1) is 17.5 Å². The third kappa shape index (κ3) is 7.28. The molecule has 0 aliphatic heterocycles. The molecular formula is C20H28N4O3S. The summed E-state index contributed by atoms with van der Waals surface area (Å²) in [5.41, 5.74) is 1.01. The standard InChI is InChI=1S/C20H28N4O3S/c1-3-18(19-7-5-14-28-19)23-20(21-12-6-13-27-4-2)22-15-16-8-10-17(11-9-16)24(25)26/h5,7-11,14,18H,3-4,6,12-13,15H2,1-2H3,(H2,21,22,23). The predicted octanol–water partition coefficient (Wildman–Crippen LogP) is 4.27. The lowest BCUT2D eigenvalue weighted by molar-refractivity contribution is -0.384. The molecule has 1 aromatic heterocycles. The van der Waals surface area contributed by atoms with E-state index in [1.54, 1.807) is 23.5 Å². The highest BCUT2D eigenvalue weighted by molar-refractivity contribution is 7.10. The molecular weight excluding hydrogens is 376 g/mol. The fraction of sp³-hybridized carbons (Fsp3) is 0.450. The number of hydrogen-bond donors (Lipinski definition) is 2. The van der Waals surface area contributed by atoms with Crippen LogP contribution in [0.1, 0.15) is 43.2 Å². The Hall–Kier alpha value is -2.45. The summed E-state index contributed by atoms with van der Waals surface area (Å²) in [6.07, 6.45) is 1.83. The number of nitro benzene ring substituents is 1. The Labute approximate surface area is 170 Å². The number of nitro groups is 1. The third-order valence-corrected chi connectivity index (χ3v) is 5.12. The average molecular weight is 405 g/mol. The van der Waals surface area contributed by atoms with E-state index in [0.717, 1.165) is 37.5 Å². The zero-order valence-electron chi connectivity index (χ0n) is 16.4. The average Bonchev–Trinajstić information content (AvgIpc) is 3.24. The highest BCUT2D eigenvalue weighted by Crippen LogP contribution is 2.21. The van der Waals surface area contributed by atoms with Gasteiger partial charge in [0.15, 0.2) is 5.96 Å². The lowest BCUT2D eigenvalue weighted by Crippen LogP contribution is -2.40. The lowest BCUT2D eigenvalue weighted by atomic mass is 10.2. The van der Waals surface area contributed by atoms with Gasteiger partial charge in [-0.15, -0.1) is 11.3 Å². The first-order chi connectivity index (χ1) is 13.6. The molecule has 2 aromatic rings. The van der Waals surface area contributed by atoms with E-state index in [0.29, 0.717) is 13.2 Å². The Morgan fingerprint density at radius 2 is 2.07 bits per heavy atom. The van der Waals surface area contributed by atoms with E-state index in [4.69, 9.17) is 4.74 Å². The van der Waals surface area contributed by atoms with Gasteiger partial charge < -0.3 is 15.4 Å². The van der Waals surface area contributed by atoms with Crippen LogP contribution in [0.5, 0.6) is 0 Å². The second-order valence-corrected chi connectivity index (χ2v) is 7.17. The minimum atomic E-state index is -0.396. The Morgan fingerprint density at radius 1 is 1.29 bits per heavy atom. The Balaban J connectivity index is 2.02. The summed E-state index contributed by atoms with van der Waals surface area (Å²) < 4.78 is 5.38. The molecule has 1 heterocycles. The maximum Gasteiger partial charge on any atom is 0.269 e. The van der Waals surface area contributed by atoms with Crippen molar-refractivity contribution in [1.29, 1.82) is 0 Å². The molecule has 8 heteroatoms. The fourth-order valence-electron chi connectivity index (χ4n) is 2.60. The normalized spacial score (nSPS) is 12.6. The quantitative estimate of drug-likeness (QED) is 0.192. The first kappa shape index (κ1) is 21.8. The summed E-state index contributed by atoms with van der Waals surface area (Å²) in [6, 6.07) is 10.9. The zero-order chi connectivity index (χ0) is 20.2. The van der Waals surface area contributed by atoms with E-state index in [1.807, 2.05) is 13.0 Å². The topological polar surface area (TPSA) is 88.8 Å². The third-order valence-electron chi connectivity index (χ3n) is 4.13. The van der Waals surface area contributed by atoms with Gasteiger partial charge in [0.2, 0.25) is 0 Å². The van der Waals surface area contributed by atoms with Gasteiger partial charge in [-0.2, -0.15) is 0 Å². The van der Waals surface area contributed by atoms with Crippen LogP contribution < -0.4 is 10.6 Å². The van der Waals surface area contributed by atoms with Gasteiger partial charge in [-0.25, -0.2) is 4.99 Å². The van der Waals surface area contributed by atoms with Gasteiger partial charge in [-0.3, -0.25) is 10.1 Å². The number of ether oxygens (including phenoxy) is 1. The lowest BCUT2D eigenvalue weighted by Gasteiger charge is -2.20. The number of guanidine groups is 1. The van der Waals surface area contributed by atoms with Crippen LogP contribution in [0, 0.1) is 10.1 Å². The van der Waals surface area contributed by atoms with Gasteiger partial charge in [0, 0.05) is 36.8 Å². The van der Waals surface area contributed by atoms with E-state index in [9.17, 15) is 10.1 Å². The summed E-state index contributed by atoms with van der Waals surface area (Å²) in [5.74, 6) is 0.732. The molecule has 0 aliphatic carbocycles. The molecule has 0 saturated heterocycles. The van der Waals surface area contributed by atoms with E-state index in [-0.39, 0.29) is 11.7 Å². The minimum Gasteiger partial charge on any atom is -0.382 e. The Bertz CT molecular complexity index is 732. The van der Waals surface area contributed by atoms with Crippen LogP contribution in [0.4, 0.5) is 5.69 Å². The van der Waals surface area contributed by atoms with Crippen molar-refractivity contribution < 1.29 is 9.66 Å². The van der Waals surface area contributed by atoms with Crippen molar-refractivity contribution in [2.45, 2.75) is 39.3 Å². The molecule has 2 rings (SSSR count). The van der Waals surface area contributed by atoms with Gasteiger partial charge in [-0.1, -0.05) is 25.1 Å². The molecule has 0 fully saturated rings. The number of rotatable bonds is 11. The molecule has 0 saturated carbocycles. The molecule has 152 valence electrons. The van der Waals surface area contributed by atoms with Gasteiger partial charge in [0.25, 0.3) is 5.69 Å². The molecule has 0 spiro atoms. The highest BCUT2D eigenvalue weighted by atomic mass is 32.1. The van der Waals surface area contributed by atoms with Crippen molar-refractivity contribution in [2.75, 3.05) is 19.8 Å². The molecule has 2 N–H and O–H groups in total. The van der Waals surface area contributed by atoms with Crippen LogP contribution in [0.25, 0.3) is 0 Å². The van der Waals surface area contributed by atoms with Crippen molar-refractivity contribution in [3.63, 3.8) is 0 Å². The highest BCUT2D eigenvalue weighted by Gasteiger charge is 2.12. The molecule has 1 atom stereocenters. The van der Waals surface area contributed by atoms with Crippen molar-refractivity contribution in [3.8, 4) is 0 Å². The maximum absolute atomic E-state index is 10.8. The van der Waals surface area contributed by atoms with Gasteiger partial charge in [0.1, 0.15) is 0 Å². The van der Waals surface area contributed by atoms with Crippen LogP contribution in [0.15, 0.2) is 46.8 Å². The second-order valence-electron chi connectivity index (χ2n) is 6.19. The van der Waals surface area contributed by atoms with Crippen LogP contribution in [0.3, 0.4) is 0 Å². The SMILES string of the molecule is CCOCCCNC(=NCc1ccc([N+](=O)[O-])cc1)NC(CC)c1cccs1. The molecule has 0 bridgehead atoms. The Kier molecular flexibility index (Phi) is 9.44. The minimum absolute atomic E-state index is 0.0869. The maximum atomic E-state index is 10.8. The number of nitrogens with zero attached hydrogens (tertiary/aromatic N) is 2. The largest absolute Gasteiger partial charge is 0.382 e. The van der Waals surface area contributed by atoms with Crippen molar-refractivity contribution >= 4 is 23.0 Å². The first-order valence-electron chi connectivity index (χ1n) is 9.53. The zero-order valence-corrected chi connectivity index (χ0v) is 17.2. The predicted molar refractivity (Wildman–Crippen MR) is 114 cm³/mol. The van der Waals surface area contributed by atoms with Crippen molar-refractivity contribution in [3.05, 3.63) is 62.3 Å². The number of nitrogens with one attached hydrogen (secondary N) is 2. The number of thiophene rings is 1. The number of hydrogen-bond acceptors (Lipinski definition) is 5. The summed E-state index contributed by atoms with van der Waals surface area (Å²) in [7, 11) is 0. The first-order valence-corrected chi connectivity index (χ1v) is 10.4. The van der Waals surface area contributed by atoms with Gasteiger partial charge in [-0.05, 0) is 36.8 Å². The molecule has 0 aliphatic rings. The number of benzene rings is 1. The number of aliphatic imine (C=N–C) groups is 1. The van der Waals surface area contributed by atoms with Crippen LogP contribution >= 0.6 is 11.3 Å².